The normalized spacial score (nSPS) is 23.9. The van der Waals surface area contributed by atoms with E-state index in [-0.39, 0.29) is 18.7 Å². The predicted octanol–water partition coefficient (Wildman–Crippen LogP) is 0.797. The number of aliphatic hydroxyl groups excluding tert-OH is 1. The van der Waals surface area contributed by atoms with Gasteiger partial charge in [0, 0.05) is 11.6 Å². The van der Waals surface area contributed by atoms with Crippen molar-refractivity contribution in [2.24, 2.45) is 0 Å². The van der Waals surface area contributed by atoms with Gasteiger partial charge in [-0.25, -0.2) is 4.79 Å². The van der Waals surface area contributed by atoms with Crippen molar-refractivity contribution < 1.29 is 14.6 Å². The number of allylic oxidation sites excluding steroid dienone is 1. The summed E-state index contributed by atoms with van der Waals surface area (Å²) in [7, 11) is 0. The Morgan fingerprint density at radius 3 is 3.00 bits per heavy atom. The first-order valence-electron chi connectivity index (χ1n) is 3.83. The first-order valence-corrected chi connectivity index (χ1v) is 3.83. The molecule has 0 bridgehead atoms. The zero-order valence-electron chi connectivity index (χ0n) is 7.20. The summed E-state index contributed by atoms with van der Waals surface area (Å²) in [6.07, 6.45) is 2.87. The highest BCUT2D eigenvalue weighted by Crippen LogP contribution is 2.21. The van der Waals surface area contributed by atoms with Crippen molar-refractivity contribution in [1.82, 2.24) is 0 Å². The van der Waals surface area contributed by atoms with E-state index in [1.807, 2.05) is 19.9 Å². The van der Waals surface area contributed by atoms with E-state index in [1.165, 1.54) is 6.08 Å². The van der Waals surface area contributed by atoms with Gasteiger partial charge in [-0.05, 0) is 19.4 Å². The van der Waals surface area contributed by atoms with Crippen molar-refractivity contribution >= 4 is 5.97 Å². The third kappa shape index (κ3) is 1.56. The smallest absolute Gasteiger partial charge is 0.331 e. The maximum atomic E-state index is 10.8. The van der Waals surface area contributed by atoms with Gasteiger partial charge in [0.15, 0.2) is 0 Å². The molecule has 3 heteroatoms. The predicted molar refractivity (Wildman–Crippen MR) is 44.5 cm³/mol. The molecule has 3 nitrogen and oxygen atoms in total. The second-order valence-electron chi connectivity index (χ2n) is 2.73. The molecule has 0 saturated carbocycles. The van der Waals surface area contributed by atoms with E-state index in [9.17, 15) is 4.79 Å². The van der Waals surface area contributed by atoms with Crippen LogP contribution in [0.5, 0.6) is 0 Å². The van der Waals surface area contributed by atoms with Crippen molar-refractivity contribution in [2.75, 3.05) is 6.61 Å². The molecule has 1 aliphatic heterocycles. The van der Waals surface area contributed by atoms with Crippen LogP contribution in [0.2, 0.25) is 0 Å². The minimum atomic E-state index is -0.370. The fraction of sp³-hybridized carbons (Fsp3) is 0.444. The summed E-state index contributed by atoms with van der Waals surface area (Å²) in [6.45, 7) is 3.62. The lowest BCUT2D eigenvalue weighted by Gasteiger charge is -2.12. The SMILES string of the molecule is C/C=C(\C)C1OC(=O)C=C1CO. The number of hydrogen-bond acceptors (Lipinski definition) is 3. The lowest BCUT2D eigenvalue weighted by molar-refractivity contribution is -0.137. The summed E-state index contributed by atoms with van der Waals surface area (Å²) >= 11 is 0. The van der Waals surface area contributed by atoms with E-state index in [2.05, 4.69) is 0 Å². The largest absolute Gasteiger partial charge is 0.450 e. The Morgan fingerprint density at radius 1 is 1.83 bits per heavy atom. The third-order valence-corrected chi connectivity index (χ3v) is 1.93. The highest BCUT2D eigenvalue weighted by Gasteiger charge is 2.26. The topological polar surface area (TPSA) is 46.5 Å². The molecule has 12 heavy (non-hydrogen) atoms. The fourth-order valence-electron chi connectivity index (χ4n) is 1.12. The van der Waals surface area contributed by atoms with E-state index < -0.39 is 0 Å². The van der Waals surface area contributed by atoms with Gasteiger partial charge in [-0.2, -0.15) is 0 Å². The number of carbonyl (C=O) groups excluding carboxylic acids is 1. The third-order valence-electron chi connectivity index (χ3n) is 1.93. The molecule has 0 aromatic rings. The zero-order valence-corrected chi connectivity index (χ0v) is 7.20. The number of ether oxygens (including phenoxy) is 1. The highest BCUT2D eigenvalue weighted by molar-refractivity contribution is 5.86. The molecule has 0 amide bonds. The van der Waals surface area contributed by atoms with Gasteiger partial charge in [0.05, 0.1) is 6.61 Å². The van der Waals surface area contributed by atoms with Gasteiger partial charge in [-0.15, -0.1) is 0 Å². The second kappa shape index (κ2) is 3.54. The molecule has 1 aliphatic rings. The standard InChI is InChI=1S/C9H12O3/c1-3-6(2)9-7(5-10)4-8(11)12-9/h3-4,9-10H,5H2,1-2H3/b6-3+. The zero-order chi connectivity index (χ0) is 9.14. The molecule has 66 valence electrons. The van der Waals surface area contributed by atoms with E-state index in [1.54, 1.807) is 0 Å². The molecular weight excluding hydrogens is 156 g/mol. The monoisotopic (exact) mass is 168 g/mol. The summed E-state index contributed by atoms with van der Waals surface area (Å²) in [5, 5.41) is 8.87. The Labute approximate surface area is 71.3 Å². The number of cyclic esters (lactones) is 1. The van der Waals surface area contributed by atoms with Crippen LogP contribution in [0.4, 0.5) is 0 Å². The van der Waals surface area contributed by atoms with Crippen molar-refractivity contribution in [3.05, 3.63) is 23.3 Å². The number of aliphatic hydroxyl groups is 1. The van der Waals surface area contributed by atoms with Gasteiger partial charge >= 0.3 is 5.97 Å². The number of hydrogen-bond donors (Lipinski definition) is 1. The summed E-state index contributed by atoms with van der Waals surface area (Å²) in [5.74, 6) is -0.370. The number of esters is 1. The Kier molecular flexibility index (Phi) is 2.65. The van der Waals surface area contributed by atoms with Crippen molar-refractivity contribution in [3.63, 3.8) is 0 Å². The van der Waals surface area contributed by atoms with Crippen LogP contribution < -0.4 is 0 Å². The fourth-order valence-corrected chi connectivity index (χ4v) is 1.12. The van der Waals surface area contributed by atoms with Crippen molar-refractivity contribution in [3.8, 4) is 0 Å². The van der Waals surface area contributed by atoms with E-state index in [0.717, 1.165) is 5.57 Å². The van der Waals surface area contributed by atoms with Crippen LogP contribution in [-0.2, 0) is 9.53 Å². The molecule has 0 fully saturated rings. The van der Waals surface area contributed by atoms with Crippen LogP contribution in [0, 0.1) is 0 Å². The minimum absolute atomic E-state index is 0.123. The van der Waals surface area contributed by atoms with E-state index in [4.69, 9.17) is 9.84 Å². The molecule has 0 aromatic heterocycles. The van der Waals surface area contributed by atoms with Crippen LogP contribution in [0.1, 0.15) is 13.8 Å². The van der Waals surface area contributed by atoms with Gasteiger partial charge in [0.25, 0.3) is 0 Å². The van der Waals surface area contributed by atoms with Crippen LogP contribution >= 0.6 is 0 Å². The van der Waals surface area contributed by atoms with Gasteiger partial charge < -0.3 is 9.84 Å². The summed E-state index contributed by atoms with van der Waals surface area (Å²) in [5.41, 5.74) is 1.58. The van der Waals surface area contributed by atoms with Crippen LogP contribution in [0.3, 0.4) is 0 Å². The maximum absolute atomic E-state index is 10.8. The maximum Gasteiger partial charge on any atom is 0.331 e. The molecule has 0 aliphatic carbocycles. The highest BCUT2D eigenvalue weighted by atomic mass is 16.5. The quantitative estimate of drug-likeness (QED) is 0.490. The van der Waals surface area contributed by atoms with Crippen LogP contribution in [-0.4, -0.2) is 23.8 Å². The first kappa shape index (κ1) is 9.00. The van der Waals surface area contributed by atoms with Gasteiger partial charge in [-0.1, -0.05) is 6.08 Å². The molecule has 0 saturated heterocycles. The first-order chi connectivity index (χ1) is 5.69. The van der Waals surface area contributed by atoms with Gasteiger partial charge in [0.2, 0.25) is 0 Å². The Bertz CT molecular complexity index is 250. The molecule has 1 unspecified atom stereocenters. The lowest BCUT2D eigenvalue weighted by Crippen LogP contribution is -2.15. The van der Waals surface area contributed by atoms with Crippen LogP contribution in [0.25, 0.3) is 0 Å². The van der Waals surface area contributed by atoms with Crippen molar-refractivity contribution in [1.29, 1.82) is 0 Å². The van der Waals surface area contributed by atoms with Crippen LogP contribution in [0.15, 0.2) is 23.3 Å². The van der Waals surface area contributed by atoms with E-state index >= 15 is 0 Å². The molecule has 1 N–H and O–H groups in total. The molecule has 1 atom stereocenters. The molecule has 1 rings (SSSR count). The average molecular weight is 168 g/mol. The summed E-state index contributed by atoms with van der Waals surface area (Å²) in [4.78, 5) is 10.8. The minimum Gasteiger partial charge on any atom is -0.450 e. The Morgan fingerprint density at radius 2 is 2.50 bits per heavy atom. The van der Waals surface area contributed by atoms with Gasteiger partial charge in [-0.3, -0.25) is 0 Å². The average Bonchev–Trinajstić information content (AvgIpc) is 2.45. The number of carbonyl (C=O) groups is 1. The van der Waals surface area contributed by atoms with Crippen molar-refractivity contribution in [2.45, 2.75) is 20.0 Å². The molecule has 0 aromatic carbocycles. The molecular formula is C9H12O3. The summed E-state index contributed by atoms with van der Waals surface area (Å²) in [6, 6.07) is 0. The van der Waals surface area contributed by atoms with E-state index in [0.29, 0.717) is 5.57 Å². The molecule has 1 heterocycles. The summed E-state index contributed by atoms with van der Waals surface area (Å²) < 4.78 is 4.96. The molecule has 0 spiro atoms. The Balaban J connectivity index is 2.82. The second-order valence-corrected chi connectivity index (χ2v) is 2.73. The Hall–Kier alpha value is -1.09. The van der Waals surface area contributed by atoms with Gasteiger partial charge in [0.1, 0.15) is 6.10 Å². The lowest BCUT2D eigenvalue weighted by atomic mass is 10.1. The number of rotatable bonds is 2. The molecule has 0 radical (unpaired) electrons.